The van der Waals surface area contributed by atoms with E-state index in [2.05, 4.69) is 32.9 Å². The lowest BCUT2D eigenvalue weighted by molar-refractivity contribution is -0.187. The molecule has 5 aliphatic rings. The molecule has 1 N–H and O–H groups in total. The van der Waals surface area contributed by atoms with Crippen LogP contribution in [-0.2, 0) is 19.1 Å². The van der Waals surface area contributed by atoms with Crippen LogP contribution < -0.4 is 0 Å². The van der Waals surface area contributed by atoms with Gasteiger partial charge in [0.2, 0.25) is 0 Å². The maximum atomic E-state index is 12.3. The zero-order valence-electron chi connectivity index (χ0n) is 19.4. The van der Waals surface area contributed by atoms with Crippen LogP contribution in [-0.4, -0.2) is 35.4 Å². The van der Waals surface area contributed by atoms with Crippen molar-refractivity contribution >= 4 is 11.9 Å². The van der Waals surface area contributed by atoms with Crippen molar-refractivity contribution in [2.24, 2.45) is 39.9 Å². The van der Waals surface area contributed by atoms with Crippen molar-refractivity contribution in [2.75, 3.05) is 6.61 Å². The number of fused-ring (bicyclic) bond motifs is 5. The maximum absolute atomic E-state index is 12.3. The summed E-state index contributed by atoms with van der Waals surface area (Å²) in [6.07, 6.45) is 9.67. The van der Waals surface area contributed by atoms with Gasteiger partial charge < -0.3 is 14.6 Å². The third kappa shape index (κ3) is 2.71. The Kier molecular flexibility index (Phi) is 4.43. The monoisotopic (exact) mass is 428 g/mol. The predicted molar refractivity (Wildman–Crippen MR) is 116 cm³/mol. The summed E-state index contributed by atoms with van der Waals surface area (Å²) in [6.45, 7) is 11.4. The molecule has 2 aliphatic heterocycles. The molecule has 1 saturated heterocycles. The highest BCUT2D eigenvalue weighted by atomic mass is 16.6. The summed E-state index contributed by atoms with van der Waals surface area (Å²) in [5, 5.41) is 11.7. The van der Waals surface area contributed by atoms with E-state index in [4.69, 9.17) is 9.47 Å². The van der Waals surface area contributed by atoms with Crippen LogP contribution >= 0.6 is 0 Å². The largest absolute Gasteiger partial charge is 0.465 e. The van der Waals surface area contributed by atoms with Gasteiger partial charge in [-0.2, -0.15) is 0 Å². The van der Waals surface area contributed by atoms with E-state index in [1.54, 1.807) is 6.08 Å². The molecule has 0 aromatic carbocycles. The minimum atomic E-state index is -0.632. The van der Waals surface area contributed by atoms with Crippen LogP contribution in [0.25, 0.3) is 0 Å². The van der Waals surface area contributed by atoms with Crippen LogP contribution in [0.1, 0.15) is 66.7 Å². The van der Waals surface area contributed by atoms with Crippen molar-refractivity contribution < 1.29 is 24.2 Å². The minimum Gasteiger partial charge on any atom is -0.465 e. The van der Waals surface area contributed by atoms with Gasteiger partial charge in [0.15, 0.2) is 0 Å². The molecule has 0 aromatic rings. The fourth-order valence-corrected chi connectivity index (χ4v) is 8.74. The fourth-order valence-electron chi connectivity index (χ4n) is 8.74. The molecule has 170 valence electrons. The summed E-state index contributed by atoms with van der Waals surface area (Å²) >= 11 is 0. The second-order valence-corrected chi connectivity index (χ2v) is 11.9. The van der Waals surface area contributed by atoms with E-state index in [1.807, 2.05) is 13.8 Å². The first kappa shape index (κ1) is 21.2. The van der Waals surface area contributed by atoms with Crippen LogP contribution in [0, 0.1) is 39.9 Å². The first-order valence-corrected chi connectivity index (χ1v) is 11.9. The summed E-state index contributed by atoms with van der Waals surface area (Å²) in [5.74, 6) is 0.555. The molecule has 31 heavy (non-hydrogen) atoms. The van der Waals surface area contributed by atoms with E-state index in [9.17, 15) is 14.7 Å². The van der Waals surface area contributed by atoms with E-state index in [1.165, 1.54) is 5.57 Å². The molecule has 0 amide bonds. The van der Waals surface area contributed by atoms with Gasteiger partial charge in [-0.25, -0.2) is 4.79 Å². The highest BCUT2D eigenvalue weighted by Crippen LogP contribution is 2.71. The summed E-state index contributed by atoms with van der Waals surface area (Å²) < 4.78 is 11.1. The molecule has 3 fully saturated rings. The van der Waals surface area contributed by atoms with Crippen molar-refractivity contribution in [1.29, 1.82) is 0 Å². The SMILES string of the molecule is CC1(C)OC(=O)C=C[C@@]2(C)[C@@H]1C[C@@H](O)[C@@]1(C)C3=CC[C@@H]([C@H]4COC(=O)C4)[C@]3(C)CC[C@H]21. The smallest absolute Gasteiger partial charge is 0.330 e. The van der Waals surface area contributed by atoms with Crippen LogP contribution in [0.5, 0.6) is 0 Å². The molecule has 5 nitrogen and oxygen atoms in total. The van der Waals surface area contributed by atoms with Crippen LogP contribution in [0.15, 0.2) is 23.8 Å². The minimum absolute atomic E-state index is 0.0235. The molecule has 0 bridgehead atoms. The van der Waals surface area contributed by atoms with Gasteiger partial charge >= 0.3 is 11.9 Å². The Morgan fingerprint density at radius 1 is 1.10 bits per heavy atom. The standard InChI is InChI=1S/C26H36O5/c1-23(2)19-13-20(27)26(5)17-7-6-16(15-12-22(29)30-14-15)24(17,3)10-8-18(26)25(19,4)11-9-21(28)31-23/h7,9,11,15-16,18-20,27H,6,8,10,12-14H2,1-5H3/t15-,16+,18-,19-,20-,24+,25-,26+/m1/s1. The first-order valence-electron chi connectivity index (χ1n) is 11.9. The topological polar surface area (TPSA) is 72.8 Å². The van der Waals surface area contributed by atoms with E-state index in [-0.39, 0.29) is 45.9 Å². The van der Waals surface area contributed by atoms with Gasteiger partial charge in [-0.15, -0.1) is 0 Å². The molecule has 0 spiro atoms. The van der Waals surface area contributed by atoms with Gasteiger partial charge in [-0.1, -0.05) is 38.5 Å². The molecular formula is C26H36O5. The van der Waals surface area contributed by atoms with Crippen LogP contribution in [0.4, 0.5) is 0 Å². The quantitative estimate of drug-likeness (QED) is 0.501. The van der Waals surface area contributed by atoms with Crippen LogP contribution in [0.2, 0.25) is 0 Å². The molecule has 2 heterocycles. The molecule has 0 aromatic heterocycles. The van der Waals surface area contributed by atoms with Crippen molar-refractivity contribution in [2.45, 2.75) is 78.4 Å². The number of rotatable bonds is 1. The summed E-state index contributed by atoms with van der Waals surface area (Å²) in [4.78, 5) is 24.1. The number of hydrogen-bond acceptors (Lipinski definition) is 5. The van der Waals surface area contributed by atoms with E-state index in [0.717, 1.165) is 19.3 Å². The molecule has 3 aliphatic carbocycles. The Hall–Kier alpha value is -1.62. The fraction of sp³-hybridized carbons (Fsp3) is 0.769. The summed E-state index contributed by atoms with van der Waals surface area (Å²) in [5.41, 5.74) is 0.118. The lowest BCUT2D eigenvalue weighted by Gasteiger charge is -2.65. The zero-order chi connectivity index (χ0) is 22.4. The number of carbonyl (C=O) groups excluding carboxylic acids is 2. The average Bonchev–Trinajstić information content (AvgIpc) is 3.23. The molecule has 5 heteroatoms. The number of esters is 2. The third-order valence-electron chi connectivity index (χ3n) is 10.2. The highest BCUT2D eigenvalue weighted by Gasteiger charge is 2.67. The second kappa shape index (κ2) is 6.46. The molecular weight excluding hydrogens is 392 g/mol. The van der Waals surface area contributed by atoms with Crippen molar-refractivity contribution in [3.63, 3.8) is 0 Å². The van der Waals surface area contributed by atoms with Gasteiger partial charge in [0.25, 0.3) is 0 Å². The Labute approximate surface area is 185 Å². The van der Waals surface area contributed by atoms with Gasteiger partial charge in [0.1, 0.15) is 5.60 Å². The molecule has 0 radical (unpaired) electrons. The van der Waals surface area contributed by atoms with E-state index in [0.29, 0.717) is 25.4 Å². The number of hydrogen-bond donors (Lipinski definition) is 1. The number of aliphatic hydroxyl groups is 1. The number of carbonyl (C=O) groups is 2. The van der Waals surface area contributed by atoms with Gasteiger partial charge in [-0.05, 0) is 62.2 Å². The highest BCUT2D eigenvalue weighted by molar-refractivity contribution is 5.83. The summed E-state index contributed by atoms with van der Waals surface area (Å²) in [7, 11) is 0. The third-order valence-corrected chi connectivity index (χ3v) is 10.2. The molecule has 2 saturated carbocycles. The predicted octanol–water partition coefficient (Wildman–Crippen LogP) is 4.20. The van der Waals surface area contributed by atoms with E-state index < -0.39 is 11.7 Å². The van der Waals surface area contributed by atoms with Gasteiger partial charge in [0, 0.05) is 23.3 Å². The average molecular weight is 429 g/mol. The Morgan fingerprint density at radius 3 is 2.52 bits per heavy atom. The van der Waals surface area contributed by atoms with Crippen molar-refractivity contribution in [3.05, 3.63) is 23.8 Å². The second-order valence-electron chi connectivity index (χ2n) is 11.9. The summed E-state index contributed by atoms with van der Waals surface area (Å²) in [6, 6.07) is 0. The molecule has 5 rings (SSSR count). The number of aliphatic hydroxyl groups excluding tert-OH is 1. The number of cyclic esters (lactones) is 2. The Balaban J connectivity index is 1.56. The zero-order valence-corrected chi connectivity index (χ0v) is 19.4. The van der Waals surface area contributed by atoms with Gasteiger partial charge in [0.05, 0.1) is 19.1 Å². The lowest BCUT2D eigenvalue weighted by atomic mass is 9.40. The maximum Gasteiger partial charge on any atom is 0.330 e. The molecule has 0 unspecified atom stereocenters. The van der Waals surface area contributed by atoms with Gasteiger partial charge in [-0.3, -0.25) is 4.79 Å². The van der Waals surface area contributed by atoms with Crippen LogP contribution in [0.3, 0.4) is 0 Å². The van der Waals surface area contributed by atoms with E-state index >= 15 is 0 Å². The van der Waals surface area contributed by atoms with Crippen molar-refractivity contribution in [1.82, 2.24) is 0 Å². The number of allylic oxidation sites excluding steroid dienone is 2. The Bertz CT molecular complexity index is 886. The first-order chi connectivity index (χ1) is 14.4. The normalized spacial score (nSPS) is 50.5. The van der Waals surface area contributed by atoms with Crippen molar-refractivity contribution in [3.8, 4) is 0 Å². The Morgan fingerprint density at radius 2 is 1.84 bits per heavy atom. The molecule has 8 atom stereocenters. The lowest BCUT2D eigenvalue weighted by Crippen LogP contribution is -2.63. The number of ether oxygens (including phenoxy) is 2.